The van der Waals surface area contributed by atoms with E-state index in [0.29, 0.717) is 17.4 Å². The van der Waals surface area contributed by atoms with Crippen molar-refractivity contribution in [2.45, 2.75) is 13.1 Å². The van der Waals surface area contributed by atoms with Gasteiger partial charge in [0, 0.05) is 25.5 Å². The highest BCUT2D eigenvalue weighted by atomic mass is 35.5. The summed E-state index contributed by atoms with van der Waals surface area (Å²) >= 11 is 7.35. The molecular weight excluding hydrogens is 350 g/mol. The van der Waals surface area contributed by atoms with Crippen molar-refractivity contribution >= 4 is 34.8 Å². The van der Waals surface area contributed by atoms with Crippen LogP contribution in [0.4, 0.5) is 0 Å². The van der Waals surface area contributed by atoms with Crippen LogP contribution >= 0.6 is 22.9 Å². The van der Waals surface area contributed by atoms with Gasteiger partial charge in [-0.25, -0.2) is 4.68 Å². The Kier molecular flexibility index (Phi) is 6.10. The molecule has 0 saturated carbocycles. The lowest BCUT2D eigenvalue weighted by atomic mass is 10.3. The van der Waals surface area contributed by atoms with Crippen LogP contribution < -0.4 is 0 Å². The molecule has 0 bridgehead atoms. The average Bonchev–Trinajstić information content (AvgIpc) is 3.15. The van der Waals surface area contributed by atoms with Crippen molar-refractivity contribution < 1.29 is 9.59 Å². The highest BCUT2D eigenvalue weighted by Gasteiger charge is 2.20. The molecule has 0 aliphatic carbocycles. The Bertz CT molecular complexity index is 740. The molecule has 0 radical (unpaired) electrons. The standard InChI is InChI=1S/C15H18ClN5O2S/c1-4-7-20(8-11-5-6-13(16)24-11)15(23)12-9-21(18-17-12)10-14(22)19(2)3/h4-6,9H,1,7-8,10H2,2-3H3. The second-order valence-electron chi connectivity index (χ2n) is 5.27. The molecule has 0 unspecified atom stereocenters. The minimum absolute atomic E-state index is 0.0370. The maximum atomic E-state index is 12.6. The fourth-order valence-electron chi connectivity index (χ4n) is 1.92. The summed E-state index contributed by atoms with van der Waals surface area (Å²) in [7, 11) is 3.31. The van der Waals surface area contributed by atoms with Crippen LogP contribution in [0.25, 0.3) is 0 Å². The summed E-state index contributed by atoms with van der Waals surface area (Å²) in [6.07, 6.45) is 3.12. The van der Waals surface area contributed by atoms with Crippen LogP contribution in [-0.2, 0) is 17.9 Å². The zero-order valence-corrected chi connectivity index (χ0v) is 15.0. The summed E-state index contributed by atoms with van der Waals surface area (Å²) in [5.41, 5.74) is 0.186. The van der Waals surface area contributed by atoms with Gasteiger partial charge in [0.1, 0.15) is 6.54 Å². The molecule has 7 nitrogen and oxygen atoms in total. The summed E-state index contributed by atoms with van der Waals surface area (Å²) in [5, 5.41) is 7.71. The van der Waals surface area contributed by atoms with E-state index in [4.69, 9.17) is 11.6 Å². The molecule has 24 heavy (non-hydrogen) atoms. The van der Waals surface area contributed by atoms with E-state index < -0.39 is 0 Å². The molecule has 2 heterocycles. The van der Waals surface area contributed by atoms with Crippen molar-refractivity contribution in [2.75, 3.05) is 20.6 Å². The van der Waals surface area contributed by atoms with E-state index in [2.05, 4.69) is 16.9 Å². The number of hydrogen-bond donors (Lipinski definition) is 0. The smallest absolute Gasteiger partial charge is 0.276 e. The van der Waals surface area contributed by atoms with Crippen molar-refractivity contribution in [3.63, 3.8) is 0 Å². The zero-order chi connectivity index (χ0) is 17.7. The van der Waals surface area contributed by atoms with Crippen LogP contribution in [0.15, 0.2) is 31.0 Å². The lowest BCUT2D eigenvalue weighted by Gasteiger charge is -2.18. The van der Waals surface area contributed by atoms with Gasteiger partial charge in [0.05, 0.1) is 17.1 Å². The number of rotatable bonds is 7. The van der Waals surface area contributed by atoms with Gasteiger partial charge in [-0.15, -0.1) is 23.0 Å². The summed E-state index contributed by atoms with van der Waals surface area (Å²) in [6.45, 7) is 4.50. The third-order valence-corrected chi connectivity index (χ3v) is 4.38. The van der Waals surface area contributed by atoms with Crippen molar-refractivity contribution in [3.05, 3.63) is 45.9 Å². The minimum Gasteiger partial charge on any atom is -0.347 e. The Morgan fingerprint density at radius 2 is 2.17 bits per heavy atom. The number of carbonyl (C=O) groups is 2. The normalized spacial score (nSPS) is 10.5. The third kappa shape index (κ3) is 4.65. The van der Waals surface area contributed by atoms with E-state index in [0.717, 1.165) is 4.88 Å². The number of amides is 2. The first-order chi connectivity index (χ1) is 11.4. The molecule has 0 spiro atoms. The maximum absolute atomic E-state index is 12.6. The van der Waals surface area contributed by atoms with Crippen molar-refractivity contribution in [1.29, 1.82) is 0 Å². The van der Waals surface area contributed by atoms with E-state index in [1.807, 2.05) is 6.07 Å². The molecule has 0 aliphatic heterocycles. The zero-order valence-electron chi connectivity index (χ0n) is 13.5. The third-order valence-electron chi connectivity index (χ3n) is 3.17. The molecule has 0 fully saturated rings. The topological polar surface area (TPSA) is 71.3 Å². The van der Waals surface area contributed by atoms with Crippen LogP contribution in [0.3, 0.4) is 0 Å². The van der Waals surface area contributed by atoms with Gasteiger partial charge >= 0.3 is 0 Å². The number of nitrogens with zero attached hydrogens (tertiary/aromatic N) is 5. The van der Waals surface area contributed by atoms with Crippen LogP contribution in [0.1, 0.15) is 15.4 Å². The van der Waals surface area contributed by atoms with Crippen LogP contribution in [0, 0.1) is 0 Å². The molecule has 2 amide bonds. The van der Waals surface area contributed by atoms with Gasteiger partial charge in [-0.1, -0.05) is 22.9 Å². The van der Waals surface area contributed by atoms with E-state index in [1.165, 1.54) is 27.1 Å². The number of hydrogen-bond acceptors (Lipinski definition) is 5. The van der Waals surface area contributed by atoms with Gasteiger partial charge in [-0.3, -0.25) is 9.59 Å². The van der Waals surface area contributed by atoms with Crippen LogP contribution in [0.5, 0.6) is 0 Å². The van der Waals surface area contributed by atoms with Gasteiger partial charge < -0.3 is 9.80 Å². The van der Waals surface area contributed by atoms with Crippen LogP contribution in [-0.4, -0.2) is 57.2 Å². The van der Waals surface area contributed by atoms with E-state index in [-0.39, 0.29) is 24.1 Å². The van der Waals surface area contributed by atoms with Crippen molar-refractivity contribution in [3.8, 4) is 0 Å². The Morgan fingerprint density at radius 1 is 1.42 bits per heavy atom. The number of likely N-dealkylation sites (N-methyl/N-ethyl adjacent to an activating group) is 1. The first-order valence-corrected chi connectivity index (χ1v) is 8.35. The number of aromatic nitrogens is 3. The lowest BCUT2D eigenvalue weighted by molar-refractivity contribution is -0.129. The van der Waals surface area contributed by atoms with Gasteiger partial charge in [-0.2, -0.15) is 0 Å². The Labute approximate surface area is 149 Å². The van der Waals surface area contributed by atoms with Gasteiger partial charge in [0.2, 0.25) is 5.91 Å². The molecule has 0 N–H and O–H groups in total. The van der Waals surface area contributed by atoms with E-state index in [9.17, 15) is 9.59 Å². The Hall–Kier alpha value is -2.19. The molecule has 2 rings (SSSR count). The number of thiophene rings is 1. The molecule has 9 heteroatoms. The molecule has 0 atom stereocenters. The molecule has 2 aromatic rings. The molecule has 128 valence electrons. The van der Waals surface area contributed by atoms with Gasteiger partial charge in [0.25, 0.3) is 5.91 Å². The highest BCUT2D eigenvalue weighted by Crippen LogP contribution is 2.23. The first-order valence-electron chi connectivity index (χ1n) is 7.15. The summed E-state index contributed by atoms with van der Waals surface area (Å²) in [4.78, 5) is 28.3. The fourth-order valence-corrected chi connectivity index (χ4v) is 3.02. The maximum Gasteiger partial charge on any atom is 0.276 e. The van der Waals surface area contributed by atoms with Gasteiger partial charge in [0.15, 0.2) is 5.69 Å². The summed E-state index contributed by atoms with van der Waals surface area (Å²) in [6, 6.07) is 3.67. The lowest BCUT2D eigenvalue weighted by Crippen LogP contribution is -2.30. The molecule has 0 saturated heterocycles. The Balaban J connectivity index is 2.10. The second kappa shape index (κ2) is 8.07. The first kappa shape index (κ1) is 18.2. The monoisotopic (exact) mass is 367 g/mol. The second-order valence-corrected chi connectivity index (χ2v) is 7.07. The summed E-state index contributed by atoms with van der Waals surface area (Å²) in [5.74, 6) is -0.405. The fraction of sp³-hybridized carbons (Fsp3) is 0.333. The predicted octanol–water partition coefficient (Wildman–Crippen LogP) is 1.91. The summed E-state index contributed by atoms with van der Waals surface area (Å²) < 4.78 is 2.02. The number of halogens is 1. The Morgan fingerprint density at radius 3 is 2.75 bits per heavy atom. The van der Waals surface area contributed by atoms with E-state index in [1.54, 1.807) is 31.1 Å². The minimum atomic E-state index is -0.275. The molecular formula is C15H18ClN5O2S. The highest BCUT2D eigenvalue weighted by molar-refractivity contribution is 7.16. The van der Waals surface area contributed by atoms with Crippen molar-refractivity contribution in [1.82, 2.24) is 24.8 Å². The quantitative estimate of drug-likeness (QED) is 0.701. The van der Waals surface area contributed by atoms with Crippen LogP contribution in [0.2, 0.25) is 4.34 Å². The van der Waals surface area contributed by atoms with Crippen molar-refractivity contribution in [2.24, 2.45) is 0 Å². The van der Waals surface area contributed by atoms with E-state index >= 15 is 0 Å². The number of carbonyl (C=O) groups excluding carboxylic acids is 2. The van der Waals surface area contributed by atoms with Gasteiger partial charge in [-0.05, 0) is 12.1 Å². The predicted molar refractivity (Wildman–Crippen MR) is 93.0 cm³/mol. The molecule has 0 aromatic carbocycles. The average molecular weight is 368 g/mol. The molecule has 2 aromatic heterocycles. The molecule has 0 aliphatic rings. The SMILES string of the molecule is C=CCN(Cc1ccc(Cl)s1)C(=O)c1cn(CC(=O)N(C)C)nn1. The largest absolute Gasteiger partial charge is 0.347 e.